The fraction of sp³-hybridized carbons (Fsp3) is 0.294. The number of halogens is 3. The van der Waals surface area contributed by atoms with Crippen LogP contribution < -0.4 is 4.74 Å². The lowest BCUT2D eigenvalue weighted by atomic mass is 10.1. The maximum Gasteiger partial charge on any atom is 0.451 e. The molecule has 0 spiro atoms. The standard InChI is InChI=1S/C17H15F3N6O2/c1-28-11-4-2-10(3-5-11)12-8-13(22-21-12)15(27)25-6-7-26-14(9-25)23-24-16(26)17(18,19)20/h2-5,8H,6-7,9H2,1H3,(H,21,22). The molecule has 2 aromatic heterocycles. The van der Waals surface area contributed by atoms with Crippen LogP contribution in [0.2, 0.25) is 0 Å². The normalized spacial score (nSPS) is 14.1. The number of rotatable bonds is 3. The number of hydrogen-bond acceptors (Lipinski definition) is 5. The van der Waals surface area contributed by atoms with Gasteiger partial charge in [-0.1, -0.05) is 0 Å². The van der Waals surface area contributed by atoms with Crippen LogP contribution in [0.1, 0.15) is 22.1 Å². The van der Waals surface area contributed by atoms with E-state index in [1.807, 2.05) is 12.1 Å². The first-order chi connectivity index (χ1) is 13.4. The van der Waals surface area contributed by atoms with E-state index in [0.29, 0.717) is 11.4 Å². The lowest BCUT2D eigenvalue weighted by molar-refractivity contribution is -0.147. The summed E-state index contributed by atoms with van der Waals surface area (Å²) in [5.41, 5.74) is 1.62. The summed E-state index contributed by atoms with van der Waals surface area (Å²) in [5, 5.41) is 13.6. The van der Waals surface area contributed by atoms with Crippen LogP contribution >= 0.6 is 0 Å². The number of fused-ring (bicyclic) bond motifs is 1. The molecule has 0 radical (unpaired) electrons. The molecule has 0 saturated carbocycles. The molecule has 0 saturated heterocycles. The van der Waals surface area contributed by atoms with E-state index in [1.54, 1.807) is 25.3 Å². The maximum absolute atomic E-state index is 12.9. The molecule has 1 aliphatic heterocycles. The minimum atomic E-state index is -4.58. The topological polar surface area (TPSA) is 88.9 Å². The third-order valence-electron chi connectivity index (χ3n) is 4.49. The minimum Gasteiger partial charge on any atom is -0.497 e. The summed E-state index contributed by atoms with van der Waals surface area (Å²) < 4.78 is 44.9. The van der Waals surface area contributed by atoms with Crippen LogP contribution in [-0.2, 0) is 19.3 Å². The Balaban J connectivity index is 1.51. The van der Waals surface area contributed by atoms with E-state index in [2.05, 4.69) is 20.4 Å². The molecule has 0 fully saturated rings. The quantitative estimate of drug-likeness (QED) is 0.739. The first-order valence-electron chi connectivity index (χ1n) is 8.35. The number of carbonyl (C=O) groups excluding carboxylic acids is 1. The smallest absolute Gasteiger partial charge is 0.451 e. The summed E-state index contributed by atoms with van der Waals surface area (Å²) in [6.45, 7) is 0.0328. The van der Waals surface area contributed by atoms with Gasteiger partial charge in [-0.05, 0) is 30.3 Å². The number of benzene rings is 1. The van der Waals surface area contributed by atoms with E-state index >= 15 is 0 Å². The first kappa shape index (κ1) is 18.0. The number of hydrogen-bond donors (Lipinski definition) is 1. The van der Waals surface area contributed by atoms with Gasteiger partial charge in [-0.25, -0.2) is 0 Å². The Morgan fingerprint density at radius 2 is 1.93 bits per heavy atom. The number of aromatic amines is 1. The van der Waals surface area contributed by atoms with Crippen LogP contribution in [0.3, 0.4) is 0 Å². The number of ether oxygens (including phenoxy) is 1. The zero-order valence-electron chi connectivity index (χ0n) is 14.7. The molecule has 4 rings (SSSR count). The molecule has 0 unspecified atom stereocenters. The van der Waals surface area contributed by atoms with Gasteiger partial charge in [-0.3, -0.25) is 9.89 Å². The van der Waals surface area contributed by atoms with Gasteiger partial charge in [0.15, 0.2) is 5.82 Å². The van der Waals surface area contributed by atoms with E-state index in [0.717, 1.165) is 10.1 Å². The predicted octanol–water partition coefficient (Wildman–Crippen LogP) is 2.35. The molecule has 0 aliphatic carbocycles. The lowest BCUT2D eigenvalue weighted by Crippen LogP contribution is -2.39. The summed E-state index contributed by atoms with van der Waals surface area (Å²) in [5.74, 6) is -0.610. The number of alkyl halides is 3. The Bertz CT molecular complexity index is 1010. The monoisotopic (exact) mass is 392 g/mol. The van der Waals surface area contributed by atoms with Crippen LogP contribution in [0.4, 0.5) is 13.2 Å². The summed E-state index contributed by atoms with van der Waals surface area (Å²) in [7, 11) is 1.57. The van der Waals surface area contributed by atoms with E-state index in [9.17, 15) is 18.0 Å². The molecule has 3 aromatic rings. The lowest BCUT2D eigenvalue weighted by Gasteiger charge is -2.27. The fourth-order valence-electron chi connectivity index (χ4n) is 3.05. The summed E-state index contributed by atoms with van der Waals surface area (Å²) in [6.07, 6.45) is -4.58. The number of H-pyrrole nitrogens is 1. The highest BCUT2D eigenvalue weighted by molar-refractivity contribution is 5.93. The molecule has 1 aliphatic rings. The predicted molar refractivity (Wildman–Crippen MR) is 90.3 cm³/mol. The Hall–Kier alpha value is -3.37. The SMILES string of the molecule is COc1ccc(-c2cc(C(=O)N3CCn4c(nnc4C(F)(F)F)C3)[nH]n2)cc1. The van der Waals surface area contributed by atoms with Gasteiger partial charge in [0.2, 0.25) is 5.82 Å². The van der Waals surface area contributed by atoms with Crippen LogP contribution in [0.25, 0.3) is 11.3 Å². The number of methoxy groups -OCH3 is 1. The van der Waals surface area contributed by atoms with Crippen molar-refractivity contribution in [3.63, 3.8) is 0 Å². The van der Waals surface area contributed by atoms with Crippen molar-refractivity contribution in [2.75, 3.05) is 13.7 Å². The van der Waals surface area contributed by atoms with Crippen molar-refractivity contribution in [3.05, 3.63) is 47.7 Å². The van der Waals surface area contributed by atoms with Gasteiger partial charge in [0, 0.05) is 18.7 Å². The van der Waals surface area contributed by atoms with E-state index < -0.39 is 12.0 Å². The van der Waals surface area contributed by atoms with Gasteiger partial charge >= 0.3 is 6.18 Å². The highest BCUT2D eigenvalue weighted by Gasteiger charge is 2.40. The molecule has 0 bridgehead atoms. The highest BCUT2D eigenvalue weighted by atomic mass is 19.4. The van der Waals surface area contributed by atoms with Crippen molar-refractivity contribution in [2.45, 2.75) is 19.3 Å². The molecular formula is C17H15F3N6O2. The van der Waals surface area contributed by atoms with Crippen molar-refractivity contribution in [1.82, 2.24) is 29.9 Å². The van der Waals surface area contributed by atoms with E-state index in [-0.39, 0.29) is 37.1 Å². The van der Waals surface area contributed by atoms with Gasteiger partial charge in [0.25, 0.3) is 5.91 Å². The number of nitrogens with one attached hydrogen (secondary N) is 1. The second-order valence-electron chi connectivity index (χ2n) is 6.21. The van der Waals surface area contributed by atoms with Crippen molar-refractivity contribution in [1.29, 1.82) is 0 Å². The second-order valence-corrected chi connectivity index (χ2v) is 6.21. The van der Waals surface area contributed by atoms with Gasteiger partial charge in [0.1, 0.15) is 11.4 Å². The molecule has 11 heteroatoms. The number of aromatic nitrogens is 5. The van der Waals surface area contributed by atoms with Crippen LogP contribution in [0.5, 0.6) is 5.75 Å². The van der Waals surface area contributed by atoms with E-state index in [4.69, 9.17) is 4.74 Å². The van der Waals surface area contributed by atoms with Crippen molar-refractivity contribution in [3.8, 4) is 17.0 Å². The minimum absolute atomic E-state index is 0.0254. The van der Waals surface area contributed by atoms with Gasteiger partial charge < -0.3 is 14.2 Å². The first-order valence-corrected chi connectivity index (χ1v) is 8.35. The summed E-state index contributed by atoms with van der Waals surface area (Å²) in [6, 6.07) is 8.78. The maximum atomic E-state index is 12.9. The summed E-state index contributed by atoms with van der Waals surface area (Å²) in [4.78, 5) is 14.1. The average Bonchev–Trinajstić information content (AvgIpc) is 3.34. The van der Waals surface area contributed by atoms with Crippen molar-refractivity contribution < 1.29 is 22.7 Å². The number of amides is 1. The number of nitrogens with zero attached hydrogens (tertiary/aromatic N) is 5. The van der Waals surface area contributed by atoms with Gasteiger partial charge in [-0.2, -0.15) is 18.3 Å². The Morgan fingerprint density at radius 3 is 2.61 bits per heavy atom. The highest BCUT2D eigenvalue weighted by Crippen LogP contribution is 2.29. The Morgan fingerprint density at radius 1 is 1.18 bits per heavy atom. The molecule has 146 valence electrons. The van der Waals surface area contributed by atoms with Crippen LogP contribution in [-0.4, -0.2) is 49.4 Å². The third-order valence-corrected chi connectivity index (χ3v) is 4.49. The van der Waals surface area contributed by atoms with Crippen molar-refractivity contribution >= 4 is 5.91 Å². The molecule has 8 nitrogen and oxygen atoms in total. The molecule has 1 N–H and O–H groups in total. The van der Waals surface area contributed by atoms with Crippen molar-refractivity contribution in [2.24, 2.45) is 0 Å². The molecule has 28 heavy (non-hydrogen) atoms. The largest absolute Gasteiger partial charge is 0.497 e. The zero-order chi connectivity index (χ0) is 19.9. The molecule has 1 aromatic carbocycles. The Labute approximate surface area is 156 Å². The van der Waals surface area contributed by atoms with Crippen LogP contribution in [0, 0.1) is 0 Å². The third kappa shape index (κ3) is 3.19. The second kappa shape index (κ2) is 6.66. The zero-order valence-corrected chi connectivity index (χ0v) is 14.7. The van der Waals surface area contributed by atoms with Crippen LogP contribution in [0.15, 0.2) is 30.3 Å². The molecular weight excluding hydrogens is 377 g/mol. The van der Waals surface area contributed by atoms with E-state index in [1.165, 1.54) is 4.90 Å². The van der Waals surface area contributed by atoms with Gasteiger partial charge in [-0.15, -0.1) is 10.2 Å². The van der Waals surface area contributed by atoms with Gasteiger partial charge in [0.05, 0.1) is 19.3 Å². The Kier molecular flexibility index (Phi) is 4.28. The average molecular weight is 392 g/mol. The molecule has 1 amide bonds. The summed E-state index contributed by atoms with van der Waals surface area (Å²) >= 11 is 0. The number of carbonyl (C=O) groups is 1. The fourth-order valence-corrected chi connectivity index (χ4v) is 3.05. The molecule has 3 heterocycles. The molecule has 0 atom stereocenters.